The number of benzene rings is 2. The first-order chi connectivity index (χ1) is 15.0. The lowest BCUT2D eigenvalue weighted by atomic mass is 10.2. The van der Waals surface area contributed by atoms with Crippen molar-refractivity contribution in [2.75, 3.05) is 0 Å². The Balaban J connectivity index is 1.59. The van der Waals surface area contributed by atoms with Gasteiger partial charge in [-0.3, -0.25) is 4.98 Å². The van der Waals surface area contributed by atoms with E-state index in [1.54, 1.807) is 48.4 Å². The Morgan fingerprint density at radius 2 is 1.81 bits per heavy atom. The molecular weight excluding hydrogens is 416 g/mol. The zero-order chi connectivity index (χ0) is 21.5. The molecule has 0 aliphatic carbocycles. The molecule has 0 radical (unpaired) electrons. The van der Waals surface area contributed by atoms with Gasteiger partial charge < -0.3 is 0 Å². The van der Waals surface area contributed by atoms with E-state index in [2.05, 4.69) is 10.1 Å². The molecule has 8 nitrogen and oxygen atoms in total. The summed E-state index contributed by atoms with van der Waals surface area (Å²) in [6.07, 6.45) is 5.28. The molecule has 0 unspecified atom stereocenters. The van der Waals surface area contributed by atoms with Crippen LogP contribution in [-0.2, 0) is 13.6 Å². The predicted molar refractivity (Wildman–Crippen MR) is 118 cm³/mol. The number of hydrogen-bond donors (Lipinski definition) is 0. The van der Waals surface area contributed by atoms with Gasteiger partial charge >= 0.3 is 11.4 Å². The number of hydrogen-bond acceptors (Lipinski definition) is 4. The van der Waals surface area contributed by atoms with Crippen molar-refractivity contribution in [1.29, 1.82) is 0 Å². The summed E-state index contributed by atoms with van der Waals surface area (Å²) < 4.78 is 5.54. The highest BCUT2D eigenvalue weighted by Gasteiger charge is 2.16. The third-order valence-corrected chi connectivity index (χ3v) is 5.52. The monoisotopic (exact) mass is 432 g/mol. The fourth-order valence-electron chi connectivity index (χ4n) is 3.57. The smallest absolute Gasteiger partial charge is 0.262 e. The molecule has 154 valence electrons. The Morgan fingerprint density at radius 3 is 2.58 bits per heavy atom. The summed E-state index contributed by atoms with van der Waals surface area (Å²) >= 11 is 6.22. The number of aromatic nitrogens is 6. The standard InChI is InChI=1S/C22H17ClN6O2/c1-26-21(30)27(13-15-5-2-3-7-19(15)23)22(31)29(26)17-8-9-20-16(11-17)14-28(25-20)18-6-4-10-24-12-18/h2-12,14H,13H2,1H3. The molecule has 0 aliphatic heterocycles. The molecule has 0 fully saturated rings. The first kappa shape index (κ1) is 19.1. The second-order valence-electron chi connectivity index (χ2n) is 7.11. The Morgan fingerprint density at radius 1 is 0.968 bits per heavy atom. The van der Waals surface area contributed by atoms with E-state index < -0.39 is 11.4 Å². The van der Waals surface area contributed by atoms with Gasteiger partial charge in [0.25, 0.3) is 0 Å². The minimum absolute atomic E-state index is 0.0966. The summed E-state index contributed by atoms with van der Waals surface area (Å²) in [4.78, 5) is 30.0. The van der Waals surface area contributed by atoms with Crippen molar-refractivity contribution in [2.45, 2.75) is 6.54 Å². The molecule has 3 heterocycles. The average molecular weight is 433 g/mol. The van der Waals surface area contributed by atoms with Crippen molar-refractivity contribution in [2.24, 2.45) is 7.05 Å². The molecule has 0 bridgehead atoms. The third kappa shape index (κ3) is 3.27. The lowest BCUT2D eigenvalue weighted by Gasteiger charge is -2.04. The van der Waals surface area contributed by atoms with Crippen LogP contribution < -0.4 is 11.4 Å². The second-order valence-corrected chi connectivity index (χ2v) is 7.51. The zero-order valence-electron chi connectivity index (χ0n) is 16.5. The van der Waals surface area contributed by atoms with Crippen LogP contribution in [0, 0.1) is 0 Å². The highest BCUT2D eigenvalue weighted by molar-refractivity contribution is 6.31. The summed E-state index contributed by atoms with van der Waals surface area (Å²) in [6.45, 7) is 0.0966. The Kier molecular flexibility index (Phi) is 4.56. The van der Waals surface area contributed by atoms with Crippen LogP contribution in [0.5, 0.6) is 0 Å². The van der Waals surface area contributed by atoms with Gasteiger partial charge in [0.15, 0.2) is 0 Å². The summed E-state index contributed by atoms with van der Waals surface area (Å²) in [7, 11) is 1.57. The molecule has 5 rings (SSSR count). The molecule has 3 aromatic heterocycles. The van der Waals surface area contributed by atoms with Gasteiger partial charge in [0, 0.05) is 29.9 Å². The minimum Gasteiger partial charge on any atom is -0.262 e. The van der Waals surface area contributed by atoms with Gasteiger partial charge in [-0.1, -0.05) is 29.8 Å². The summed E-state index contributed by atoms with van der Waals surface area (Å²) in [5.41, 5.74) is 2.01. The molecule has 0 atom stereocenters. The van der Waals surface area contributed by atoms with Crippen LogP contribution in [0.2, 0.25) is 5.02 Å². The van der Waals surface area contributed by atoms with Crippen molar-refractivity contribution in [3.8, 4) is 11.4 Å². The fraction of sp³-hybridized carbons (Fsp3) is 0.0909. The molecule has 0 saturated carbocycles. The molecule has 0 spiro atoms. The van der Waals surface area contributed by atoms with Crippen molar-refractivity contribution in [3.63, 3.8) is 0 Å². The van der Waals surface area contributed by atoms with Crippen LogP contribution in [0.1, 0.15) is 5.56 Å². The maximum atomic E-state index is 13.1. The Labute approximate surface area is 181 Å². The summed E-state index contributed by atoms with van der Waals surface area (Å²) in [5, 5.41) is 5.89. The topological polar surface area (TPSA) is 79.6 Å². The van der Waals surface area contributed by atoms with E-state index in [9.17, 15) is 9.59 Å². The van der Waals surface area contributed by atoms with Crippen LogP contribution in [0.15, 0.2) is 82.8 Å². The van der Waals surface area contributed by atoms with Crippen LogP contribution in [0.3, 0.4) is 0 Å². The lowest BCUT2D eigenvalue weighted by Crippen LogP contribution is -2.29. The third-order valence-electron chi connectivity index (χ3n) is 5.15. The normalized spacial score (nSPS) is 11.3. The Bertz CT molecular complexity index is 1530. The predicted octanol–water partition coefficient (Wildman–Crippen LogP) is 2.77. The van der Waals surface area contributed by atoms with Crippen molar-refractivity contribution in [1.82, 2.24) is 28.7 Å². The van der Waals surface area contributed by atoms with Gasteiger partial charge in [-0.25, -0.2) is 23.5 Å². The van der Waals surface area contributed by atoms with Crippen LogP contribution in [-0.4, -0.2) is 28.7 Å². The van der Waals surface area contributed by atoms with Crippen molar-refractivity contribution < 1.29 is 0 Å². The molecule has 0 saturated heterocycles. The lowest BCUT2D eigenvalue weighted by molar-refractivity contribution is 0.627. The van der Waals surface area contributed by atoms with Gasteiger partial charge in [0.2, 0.25) is 0 Å². The summed E-state index contributed by atoms with van der Waals surface area (Å²) in [6, 6.07) is 16.3. The van der Waals surface area contributed by atoms with E-state index in [-0.39, 0.29) is 6.54 Å². The van der Waals surface area contributed by atoms with Crippen LogP contribution in [0.25, 0.3) is 22.3 Å². The first-order valence-electron chi connectivity index (χ1n) is 9.55. The van der Waals surface area contributed by atoms with Crippen LogP contribution >= 0.6 is 11.6 Å². The van der Waals surface area contributed by atoms with E-state index in [1.807, 2.05) is 36.5 Å². The number of nitrogens with zero attached hydrogens (tertiary/aromatic N) is 6. The zero-order valence-corrected chi connectivity index (χ0v) is 17.3. The fourth-order valence-corrected chi connectivity index (χ4v) is 3.76. The highest BCUT2D eigenvalue weighted by Crippen LogP contribution is 2.19. The van der Waals surface area contributed by atoms with E-state index in [4.69, 9.17) is 11.6 Å². The maximum absolute atomic E-state index is 13.1. The van der Waals surface area contributed by atoms with E-state index in [1.165, 1.54) is 13.9 Å². The molecule has 0 amide bonds. The van der Waals surface area contributed by atoms with E-state index >= 15 is 0 Å². The number of halogens is 1. The van der Waals surface area contributed by atoms with Crippen molar-refractivity contribution >= 4 is 22.5 Å². The summed E-state index contributed by atoms with van der Waals surface area (Å²) in [5.74, 6) is 0. The number of rotatable bonds is 4. The molecular formula is C22H17ClN6O2. The Hall–Kier alpha value is -3.91. The van der Waals surface area contributed by atoms with Gasteiger partial charge in [-0.05, 0) is 42.0 Å². The molecule has 0 aliphatic rings. The quantitative estimate of drug-likeness (QED) is 0.437. The number of fused-ring (bicyclic) bond motifs is 1. The van der Waals surface area contributed by atoms with Gasteiger partial charge in [-0.15, -0.1) is 0 Å². The molecule has 31 heavy (non-hydrogen) atoms. The van der Waals surface area contributed by atoms with Crippen molar-refractivity contribution in [3.05, 3.63) is 105 Å². The average Bonchev–Trinajstić information content (AvgIpc) is 3.30. The van der Waals surface area contributed by atoms with Gasteiger partial charge in [-0.2, -0.15) is 9.78 Å². The number of pyridine rings is 1. The second kappa shape index (κ2) is 7.41. The first-order valence-corrected chi connectivity index (χ1v) is 9.93. The minimum atomic E-state index is -0.438. The molecule has 5 aromatic rings. The molecule has 0 N–H and O–H groups in total. The van der Waals surface area contributed by atoms with Crippen LogP contribution in [0.4, 0.5) is 0 Å². The van der Waals surface area contributed by atoms with E-state index in [0.717, 1.165) is 16.6 Å². The van der Waals surface area contributed by atoms with Gasteiger partial charge in [0.1, 0.15) is 0 Å². The van der Waals surface area contributed by atoms with Gasteiger partial charge in [0.05, 0.1) is 29.6 Å². The maximum Gasteiger partial charge on any atom is 0.352 e. The largest absolute Gasteiger partial charge is 0.352 e. The molecule has 9 heteroatoms. The molecule has 2 aromatic carbocycles. The highest BCUT2D eigenvalue weighted by atomic mass is 35.5. The van der Waals surface area contributed by atoms with E-state index in [0.29, 0.717) is 16.3 Å². The SMILES string of the molecule is Cn1c(=O)n(Cc2ccccc2Cl)c(=O)n1-c1ccc2nn(-c3cccnc3)cc2c1.